The van der Waals surface area contributed by atoms with Crippen molar-refractivity contribution in [2.75, 3.05) is 13.1 Å². The summed E-state index contributed by atoms with van der Waals surface area (Å²) in [7, 11) is 0. The third-order valence-electron chi connectivity index (χ3n) is 3.44. The largest absolute Gasteiger partial charge is 0.411 e. The number of piperidine rings is 1. The van der Waals surface area contributed by atoms with Crippen molar-refractivity contribution in [2.45, 2.75) is 26.8 Å². The number of oxime groups is 1. The van der Waals surface area contributed by atoms with Gasteiger partial charge < -0.3 is 5.21 Å². The lowest BCUT2D eigenvalue weighted by atomic mass is 9.97. The molecule has 92 valence electrons. The molecule has 1 fully saturated rings. The monoisotopic (exact) mass is 232 g/mol. The van der Waals surface area contributed by atoms with E-state index in [1.807, 2.05) is 0 Å². The lowest BCUT2D eigenvalue weighted by Crippen LogP contribution is -2.39. The minimum atomic E-state index is 0.360. The number of likely N-dealkylation sites (tertiary alicyclic amines) is 1. The zero-order valence-electron chi connectivity index (χ0n) is 10.6. The molecule has 1 saturated heterocycles. The molecule has 0 aromatic heterocycles. The summed E-state index contributed by atoms with van der Waals surface area (Å²) in [5, 5.41) is 12.2. The van der Waals surface area contributed by atoms with Gasteiger partial charge in [0, 0.05) is 32.0 Å². The van der Waals surface area contributed by atoms with E-state index in [1.165, 1.54) is 11.1 Å². The van der Waals surface area contributed by atoms with E-state index in [-0.39, 0.29) is 0 Å². The zero-order valence-corrected chi connectivity index (χ0v) is 10.6. The van der Waals surface area contributed by atoms with Gasteiger partial charge in [-0.25, -0.2) is 0 Å². The molecule has 0 radical (unpaired) electrons. The maximum absolute atomic E-state index is 8.84. The quantitative estimate of drug-likeness (QED) is 0.628. The Hall–Kier alpha value is -1.35. The van der Waals surface area contributed by atoms with E-state index in [1.54, 1.807) is 0 Å². The number of hydrogen-bond donors (Lipinski definition) is 1. The van der Waals surface area contributed by atoms with Crippen molar-refractivity contribution in [3.8, 4) is 0 Å². The van der Waals surface area contributed by atoms with Crippen LogP contribution in [0, 0.1) is 12.8 Å². The summed E-state index contributed by atoms with van der Waals surface area (Å²) in [6.07, 6.45) is 0.879. The van der Waals surface area contributed by atoms with Gasteiger partial charge in [0.2, 0.25) is 0 Å². The van der Waals surface area contributed by atoms with Crippen molar-refractivity contribution in [3.63, 3.8) is 0 Å². The first-order chi connectivity index (χ1) is 8.19. The first-order valence-electron chi connectivity index (χ1n) is 6.18. The van der Waals surface area contributed by atoms with E-state index < -0.39 is 0 Å². The van der Waals surface area contributed by atoms with Crippen LogP contribution in [0.2, 0.25) is 0 Å². The Balaban J connectivity index is 1.95. The first kappa shape index (κ1) is 12.1. The number of benzene rings is 1. The Kier molecular flexibility index (Phi) is 3.79. The van der Waals surface area contributed by atoms with Gasteiger partial charge in [-0.15, -0.1) is 0 Å². The summed E-state index contributed by atoms with van der Waals surface area (Å²) in [5.74, 6) is 0.360. The maximum atomic E-state index is 8.84. The fraction of sp³-hybridized carbons (Fsp3) is 0.500. The number of rotatable bonds is 2. The van der Waals surface area contributed by atoms with Gasteiger partial charge in [-0.05, 0) is 12.5 Å². The molecule has 1 unspecified atom stereocenters. The second kappa shape index (κ2) is 5.32. The van der Waals surface area contributed by atoms with Gasteiger partial charge in [-0.1, -0.05) is 41.9 Å². The lowest BCUT2D eigenvalue weighted by Gasteiger charge is -2.31. The summed E-state index contributed by atoms with van der Waals surface area (Å²) >= 11 is 0. The highest BCUT2D eigenvalue weighted by atomic mass is 16.4. The molecule has 1 atom stereocenters. The molecule has 1 heterocycles. The first-order valence-corrected chi connectivity index (χ1v) is 6.18. The highest BCUT2D eigenvalue weighted by Gasteiger charge is 2.22. The topological polar surface area (TPSA) is 35.8 Å². The minimum Gasteiger partial charge on any atom is -0.411 e. The number of nitrogens with zero attached hydrogens (tertiary/aromatic N) is 2. The van der Waals surface area contributed by atoms with Gasteiger partial charge in [-0.3, -0.25) is 4.90 Å². The van der Waals surface area contributed by atoms with Crippen LogP contribution in [-0.4, -0.2) is 28.9 Å². The lowest BCUT2D eigenvalue weighted by molar-refractivity contribution is 0.228. The number of aryl methyl sites for hydroxylation is 1. The van der Waals surface area contributed by atoms with Crippen molar-refractivity contribution >= 4 is 5.71 Å². The van der Waals surface area contributed by atoms with E-state index in [2.05, 4.69) is 48.2 Å². The normalized spacial score (nSPS) is 24.1. The molecule has 3 heteroatoms. The smallest absolute Gasteiger partial charge is 0.0624 e. The predicted molar refractivity (Wildman–Crippen MR) is 69.5 cm³/mol. The zero-order chi connectivity index (χ0) is 12.3. The molecule has 0 aliphatic carbocycles. The minimum absolute atomic E-state index is 0.360. The van der Waals surface area contributed by atoms with Crippen molar-refractivity contribution in [3.05, 3.63) is 35.4 Å². The van der Waals surface area contributed by atoms with E-state index in [0.29, 0.717) is 5.92 Å². The van der Waals surface area contributed by atoms with Crippen molar-refractivity contribution < 1.29 is 5.21 Å². The summed E-state index contributed by atoms with van der Waals surface area (Å²) < 4.78 is 0. The highest BCUT2D eigenvalue weighted by Crippen LogP contribution is 2.16. The van der Waals surface area contributed by atoms with Crippen LogP contribution in [0.1, 0.15) is 24.5 Å². The van der Waals surface area contributed by atoms with Crippen LogP contribution in [0.4, 0.5) is 0 Å². The summed E-state index contributed by atoms with van der Waals surface area (Å²) in [6, 6.07) is 8.69. The Labute approximate surface area is 103 Å². The molecule has 0 bridgehead atoms. The maximum Gasteiger partial charge on any atom is 0.0624 e. The average molecular weight is 232 g/mol. The van der Waals surface area contributed by atoms with E-state index in [0.717, 1.165) is 31.8 Å². The molecule has 3 nitrogen and oxygen atoms in total. The second-order valence-corrected chi connectivity index (χ2v) is 4.96. The van der Waals surface area contributed by atoms with E-state index >= 15 is 0 Å². The van der Waals surface area contributed by atoms with E-state index in [9.17, 15) is 0 Å². The fourth-order valence-electron chi connectivity index (χ4n) is 2.35. The molecule has 0 spiro atoms. The summed E-state index contributed by atoms with van der Waals surface area (Å²) in [4.78, 5) is 2.42. The van der Waals surface area contributed by atoms with Crippen LogP contribution in [0.25, 0.3) is 0 Å². The predicted octanol–water partition coefficient (Wildman–Crippen LogP) is 2.67. The SMILES string of the molecule is Cc1ccc(CN2CC/C(=N\O)C(C)C2)cc1. The molecule has 1 aromatic rings. The fourth-order valence-corrected chi connectivity index (χ4v) is 2.35. The van der Waals surface area contributed by atoms with Crippen molar-refractivity contribution in [1.29, 1.82) is 0 Å². The number of hydrogen-bond acceptors (Lipinski definition) is 3. The Morgan fingerprint density at radius 3 is 2.65 bits per heavy atom. The van der Waals surface area contributed by atoms with Gasteiger partial charge in [0.15, 0.2) is 0 Å². The van der Waals surface area contributed by atoms with Crippen molar-refractivity contribution in [1.82, 2.24) is 4.90 Å². The van der Waals surface area contributed by atoms with Gasteiger partial charge in [-0.2, -0.15) is 0 Å². The Morgan fingerprint density at radius 2 is 2.06 bits per heavy atom. The average Bonchev–Trinajstić information content (AvgIpc) is 2.32. The van der Waals surface area contributed by atoms with Gasteiger partial charge in [0.1, 0.15) is 0 Å². The molecule has 1 N–H and O–H groups in total. The molecule has 17 heavy (non-hydrogen) atoms. The molecule has 1 aliphatic heterocycles. The molecule has 0 saturated carbocycles. The van der Waals surface area contributed by atoms with Crippen molar-refractivity contribution in [2.24, 2.45) is 11.1 Å². The van der Waals surface area contributed by atoms with Crippen LogP contribution in [0.3, 0.4) is 0 Å². The summed E-state index contributed by atoms with van der Waals surface area (Å²) in [5.41, 5.74) is 3.59. The van der Waals surface area contributed by atoms with Crippen LogP contribution in [-0.2, 0) is 6.54 Å². The van der Waals surface area contributed by atoms with Crippen LogP contribution in [0.15, 0.2) is 29.4 Å². The Morgan fingerprint density at radius 1 is 1.35 bits per heavy atom. The summed E-state index contributed by atoms with van der Waals surface area (Å²) in [6.45, 7) is 7.18. The molecule has 2 rings (SSSR count). The molecule has 1 aromatic carbocycles. The second-order valence-electron chi connectivity index (χ2n) is 4.96. The molecular weight excluding hydrogens is 212 g/mol. The Bertz CT molecular complexity index is 397. The van der Waals surface area contributed by atoms with Gasteiger partial charge >= 0.3 is 0 Å². The van der Waals surface area contributed by atoms with Gasteiger partial charge in [0.25, 0.3) is 0 Å². The highest BCUT2D eigenvalue weighted by molar-refractivity contribution is 5.86. The third kappa shape index (κ3) is 3.07. The molecule has 1 aliphatic rings. The van der Waals surface area contributed by atoms with Crippen LogP contribution >= 0.6 is 0 Å². The molecule has 0 amide bonds. The van der Waals surface area contributed by atoms with Crippen LogP contribution < -0.4 is 0 Å². The van der Waals surface area contributed by atoms with Gasteiger partial charge in [0.05, 0.1) is 5.71 Å². The standard InChI is InChI=1S/C14H20N2O/c1-11-3-5-13(6-4-11)10-16-8-7-14(15-17)12(2)9-16/h3-6,12,17H,7-10H2,1-2H3/b15-14+. The third-order valence-corrected chi connectivity index (χ3v) is 3.44. The van der Waals surface area contributed by atoms with E-state index in [4.69, 9.17) is 5.21 Å². The van der Waals surface area contributed by atoms with Crippen LogP contribution in [0.5, 0.6) is 0 Å². The molecular formula is C14H20N2O.